The van der Waals surface area contributed by atoms with Gasteiger partial charge in [0.2, 0.25) is 0 Å². The topological polar surface area (TPSA) is 72.8 Å². The molecule has 1 N–H and O–H groups in total. The van der Waals surface area contributed by atoms with Crippen molar-refractivity contribution >= 4 is 11.9 Å². The van der Waals surface area contributed by atoms with Gasteiger partial charge in [0.25, 0.3) is 0 Å². The summed E-state index contributed by atoms with van der Waals surface area (Å²) in [7, 11) is 0. The van der Waals surface area contributed by atoms with E-state index < -0.39 is 18.2 Å². The molecule has 5 heteroatoms. The molecule has 5 rings (SSSR count). The van der Waals surface area contributed by atoms with E-state index in [4.69, 9.17) is 9.47 Å². The van der Waals surface area contributed by atoms with Crippen LogP contribution in [-0.2, 0) is 14.3 Å². The molecule has 2 fully saturated rings. The summed E-state index contributed by atoms with van der Waals surface area (Å²) in [5, 5.41) is 10.9. The van der Waals surface area contributed by atoms with Crippen LogP contribution in [0.25, 0.3) is 11.1 Å². The van der Waals surface area contributed by atoms with E-state index in [2.05, 4.69) is 6.07 Å². The molecule has 2 aliphatic rings. The molecule has 1 unspecified atom stereocenters. The first kappa shape index (κ1) is 25.0. The Balaban J connectivity index is 1.29. The van der Waals surface area contributed by atoms with Crippen molar-refractivity contribution in [3.05, 3.63) is 108 Å². The van der Waals surface area contributed by atoms with E-state index in [1.807, 2.05) is 80.6 Å². The van der Waals surface area contributed by atoms with Gasteiger partial charge in [-0.1, -0.05) is 91.4 Å². The molecule has 1 saturated carbocycles. The number of esters is 2. The highest BCUT2D eigenvalue weighted by Gasteiger charge is 2.50. The normalized spacial score (nSPS) is 24.5. The zero-order valence-corrected chi connectivity index (χ0v) is 21.1. The highest BCUT2D eigenvalue weighted by Crippen LogP contribution is 2.44. The lowest BCUT2D eigenvalue weighted by molar-refractivity contribution is -0.141. The smallest absolute Gasteiger partial charge is 0.338 e. The summed E-state index contributed by atoms with van der Waals surface area (Å²) in [6, 6.07) is 25.5. The van der Waals surface area contributed by atoms with Gasteiger partial charge in [-0.05, 0) is 35.7 Å². The van der Waals surface area contributed by atoms with Crippen LogP contribution in [0, 0.1) is 18.8 Å². The Hall–Kier alpha value is -3.70. The number of carbonyl (C=O) groups excluding carboxylic acids is 2. The zero-order chi connectivity index (χ0) is 25.9. The fourth-order valence-electron chi connectivity index (χ4n) is 5.48. The van der Waals surface area contributed by atoms with Crippen LogP contribution in [0.2, 0.25) is 0 Å². The van der Waals surface area contributed by atoms with Crippen molar-refractivity contribution in [3.63, 3.8) is 0 Å². The van der Waals surface area contributed by atoms with Gasteiger partial charge in [-0.2, -0.15) is 0 Å². The molecule has 3 aromatic rings. The minimum atomic E-state index is -0.708. The lowest BCUT2D eigenvalue weighted by Crippen LogP contribution is -2.25. The number of aliphatic hydroxyl groups excluding tert-OH is 1. The second-order valence-corrected chi connectivity index (χ2v) is 10.2. The highest BCUT2D eigenvalue weighted by molar-refractivity contribution is 5.90. The zero-order valence-electron chi connectivity index (χ0n) is 21.1. The van der Waals surface area contributed by atoms with E-state index in [1.54, 1.807) is 18.2 Å². The highest BCUT2D eigenvalue weighted by atomic mass is 16.6. The minimum absolute atomic E-state index is 0.0662. The number of benzene rings is 3. The van der Waals surface area contributed by atoms with E-state index >= 15 is 0 Å². The maximum atomic E-state index is 13.0. The summed E-state index contributed by atoms with van der Waals surface area (Å²) in [4.78, 5) is 25.0. The van der Waals surface area contributed by atoms with Gasteiger partial charge in [0.05, 0.1) is 18.1 Å². The third kappa shape index (κ3) is 5.52. The molecular formula is C32H32O5. The van der Waals surface area contributed by atoms with Crippen LogP contribution in [0.5, 0.6) is 0 Å². The second kappa shape index (κ2) is 10.7. The molecule has 190 valence electrons. The van der Waals surface area contributed by atoms with Gasteiger partial charge in [-0.15, -0.1) is 0 Å². The van der Waals surface area contributed by atoms with E-state index in [0.29, 0.717) is 18.4 Å². The molecule has 0 aromatic heterocycles. The number of aryl methyl sites for hydroxylation is 1. The summed E-state index contributed by atoms with van der Waals surface area (Å²) < 4.78 is 11.5. The number of ether oxygens (including phenoxy) is 2. The second-order valence-electron chi connectivity index (χ2n) is 10.2. The average Bonchev–Trinajstić information content (AvgIpc) is 3.42. The molecule has 0 spiro atoms. The van der Waals surface area contributed by atoms with Gasteiger partial charge in [0.1, 0.15) is 12.2 Å². The Bertz CT molecular complexity index is 1280. The lowest BCUT2D eigenvalue weighted by Gasteiger charge is -2.22. The predicted molar refractivity (Wildman–Crippen MR) is 142 cm³/mol. The fourth-order valence-corrected chi connectivity index (χ4v) is 5.48. The standard InChI is InChI=1S/C32H32O5/c1-20-7-6-10-25(17-20)21(2)28(33)16-15-26-27-18-31(34)36-30(27)19-29(26)37-32(35)24-13-11-23(12-14-24)22-8-4-3-5-9-22/h3-17,21,26-30,33H,18-19H2,1-2H3/b16-15+/t21-,26-,27-,28+,29?,30+/m1/s1. The first-order valence-electron chi connectivity index (χ1n) is 12.9. The molecule has 0 radical (unpaired) electrons. The summed E-state index contributed by atoms with van der Waals surface area (Å²) >= 11 is 0. The summed E-state index contributed by atoms with van der Waals surface area (Å²) in [6.07, 6.45) is 3.04. The Morgan fingerprint density at radius 3 is 2.49 bits per heavy atom. The van der Waals surface area contributed by atoms with Gasteiger partial charge < -0.3 is 14.6 Å². The van der Waals surface area contributed by atoms with Crippen LogP contribution < -0.4 is 0 Å². The molecule has 3 aromatic carbocycles. The minimum Gasteiger partial charge on any atom is -0.462 e. The van der Waals surface area contributed by atoms with Crippen molar-refractivity contribution in [3.8, 4) is 11.1 Å². The third-order valence-electron chi connectivity index (χ3n) is 7.65. The van der Waals surface area contributed by atoms with Crippen LogP contribution in [0.1, 0.15) is 47.2 Å². The molecule has 0 bridgehead atoms. The molecule has 6 atom stereocenters. The van der Waals surface area contributed by atoms with Gasteiger partial charge in [-0.3, -0.25) is 4.79 Å². The molecule has 5 nitrogen and oxygen atoms in total. The van der Waals surface area contributed by atoms with Crippen LogP contribution >= 0.6 is 0 Å². The molecule has 1 aliphatic heterocycles. The van der Waals surface area contributed by atoms with E-state index in [1.165, 1.54) is 0 Å². The van der Waals surface area contributed by atoms with Crippen molar-refractivity contribution in [2.75, 3.05) is 0 Å². The molecule has 1 saturated heterocycles. The summed E-state index contributed by atoms with van der Waals surface area (Å²) in [5.41, 5.74) is 4.78. The molecule has 1 aliphatic carbocycles. The van der Waals surface area contributed by atoms with E-state index in [0.717, 1.165) is 22.3 Å². The van der Waals surface area contributed by atoms with Gasteiger partial charge in [0.15, 0.2) is 0 Å². The Morgan fingerprint density at radius 1 is 1.03 bits per heavy atom. The van der Waals surface area contributed by atoms with Gasteiger partial charge in [0, 0.05) is 24.2 Å². The molecule has 37 heavy (non-hydrogen) atoms. The third-order valence-corrected chi connectivity index (χ3v) is 7.65. The van der Waals surface area contributed by atoms with Gasteiger partial charge in [-0.25, -0.2) is 4.79 Å². The van der Waals surface area contributed by atoms with Crippen molar-refractivity contribution in [1.29, 1.82) is 0 Å². The first-order valence-corrected chi connectivity index (χ1v) is 12.9. The first-order chi connectivity index (χ1) is 17.9. The quantitative estimate of drug-likeness (QED) is 0.328. The van der Waals surface area contributed by atoms with Crippen molar-refractivity contribution in [1.82, 2.24) is 0 Å². The van der Waals surface area contributed by atoms with Crippen LogP contribution in [0.4, 0.5) is 0 Å². The van der Waals surface area contributed by atoms with Crippen LogP contribution in [0.3, 0.4) is 0 Å². The number of hydrogen-bond donors (Lipinski definition) is 1. The largest absolute Gasteiger partial charge is 0.462 e. The number of hydrogen-bond acceptors (Lipinski definition) is 5. The number of rotatable bonds is 7. The average molecular weight is 497 g/mol. The predicted octanol–water partition coefficient (Wildman–Crippen LogP) is 5.86. The number of fused-ring (bicyclic) bond motifs is 1. The van der Waals surface area contributed by atoms with E-state index in [-0.39, 0.29) is 29.8 Å². The Kier molecular flexibility index (Phi) is 7.24. The Labute approximate surface area is 217 Å². The molecular weight excluding hydrogens is 464 g/mol. The van der Waals surface area contributed by atoms with Crippen LogP contribution in [-0.4, -0.2) is 35.4 Å². The SMILES string of the molecule is Cc1cccc([C@@H](C)[C@@H](O)/C=C/[C@H]2C(OC(=O)c3ccc(-c4ccccc4)cc3)C[C@@H]3OC(=O)C[C@@H]32)c1. The molecule has 1 heterocycles. The molecule has 0 amide bonds. The van der Waals surface area contributed by atoms with Crippen molar-refractivity contribution < 1.29 is 24.2 Å². The van der Waals surface area contributed by atoms with Crippen LogP contribution in [0.15, 0.2) is 91.0 Å². The fraction of sp³-hybridized carbons (Fsp3) is 0.312. The van der Waals surface area contributed by atoms with E-state index in [9.17, 15) is 14.7 Å². The maximum absolute atomic E-state index is 13.0. The number of carbonyl (C=O) groups is 2. The van der Waals surface area contributed by atoms with Crippen molar-refractivity contribution in [2.45, 2.75) is 50.9 Å². The lowest BCUT2D eigenvalue weighted by atomic mass is 9.89. The van der Waals surface area contributed by atoms with Gasteiger partial charge >= 0.3 is 11.9 Å². The summed E-state index contributed by atoms with van der Waals surface area (Å²) in [5.74, 6) is -0.989. The maximum Gasteiger partial charge on any atom is 0.338 e. The van der Waals surface area contributed by atoms with Crippen molar-refractivity contribution in [2.24, 2.45) is 11.8 Å². The number of aliphatic hydroxyl groups is 1. The monoisotopic (exact) mass is 496 g/mol. The summed E-state index contributed by atoms with van der Waals surface area (Å²) in [6.45, 7) is 4.02. The Morgan fingerprint density at radius 2 is 1.76 bits per heavy atom.